The highest BCUT2D eigenvalue weighted by atomic mass is 35.5. The zero-order chi connectivity index (χ0) is 15.4. The Hall–Kier alpha value is -2.47. The normalized spacial score (nSPS) is 10.2. The fraction of sp³-hybridized carbons (Fsp3) is 0.0714. The van der Waals surface area contributed by atoms with Crippen molar-refractivity contribution in [2.75, 3.05) is 0 Å². The molecule has 0 radical (unpaired) electrons. The van der Waals surface area contributed by atoms with Crippen LogP contribution in [0.25, 0.3) is 0 Å². The van der Waals surface area contributed by atoms with Gasteiger partial charge in [0.05, 0.1) is 4.92 Å². The Morgan fingerprint density at radius 1 is 1.24 bits per heavy atom. The van der Waals surface area contributed by atoms with E-state index < -0.39 is 22.3 Å². The fourth-order valence-electron chi connectivity index (χ4n) is 1.59. The second-order valence-electron chi connectivity index (χ2n) is 4.12. The minimum absolute atomic E-state index is 0.0852. The van der Waals surface area contributed by atoms with E-state index in [1.807, 2.05) is 0 Å². The average molecular weight is 310 g/mol. The smallest absolute Gasteiger partial charge is 0.341 e. The lowest BCUT2D eigenvalue weighted by Crippen LogP contribution is -2.08. The number of carbonyl (C=O) groups excluding carboxylic acids is 1. The number of carbonyl (C=O) groups is 1. The summed E-state index contributed by atoms with van der Waals surface area (Å²) in [5.74, 6) is -1.84. The third-order valence-electron chi connectivity index (χ3n) is 2.66. The van der Waals surface area contributed by atoms with E-state index in [9.17, 15) is 19.3 Å². The van der Waals surface area contributed by atoms with E-state index in [2.05, 4.69) is 0 Å². The zero-order valence-corrected chi connectivity index (χ0v) is 11.3. The van der Waals surface area contributed by atoms with Crippen LogP contribution in [0.15, 0.2) is 42.5 Å². The Morgan fingerprint density at radius 2 is 1.90 bits per heavy atom. The second kappa shape index (κ2) is 6.32. The number of hydrogen-bond acceptors (Lipinski definition) is 4. The zero-order valence-electron chi connectivity index (χ0n) is 10.6. The summed E-state index contributed by atoms with van der Waals surface area (Å²) in [5, 5.41) is 11.2. The first-order valence-corrected chi connectivity index (χ1v) is 6.20. The van der Waals surface area contributed by atoms with Gasteiger partial charge >= 0.3 is 5.97 Å². The van der Waals surface area contributed by atoms with Gasteiger partial charge in [0.25, 0.3) is 5.69 Å². The quantitative estimate of drug-likeness (QED) is 0.490. The van der Waals surface area contributed by atoms with Gasteiger partial charge in [-0.25, -0.2) is 9.18 Å². The largest absolute Gasteiger partial charge is 0.457 e. The predicted octanol–water partition coefficient (Wildman–Crippen LogP) is 3.74. The molecule has 0 aromatic heterocycles. The lowest BCUT2D eigenvalue weighted by atomic mass is 10.2. The molecule has 0 bridgehead atoms. The van der Waals surface area contributed by atoms with Crippen LogP contribution in [0.4, 0.5) is 10.1 Å². The average Bonchev–Trinajstić information content (AvgIpc) is 2.46. The molecule has 2 aromatic rings. The van der Waals surface area contributed by atoms with Crippen molar-refractivity contribution in [1.29, 1.82) is 0 Å². The van der Waals surface area contributed by atoms with Crippen LogP contribution in [0.3, 0.4) is 0 Å². The minimum Gasteiger partial charge on any atom is -0.457 e. The lowest BCUT2D eigenvalue weighted by molar-refractivity contribution is -0.384. The molecule has 21 heavy (non-hydrogen) atoms. The van der Waals surface area contributed by atoms with Crippen molar-refractivity contribution in [3.05, 3.63) is 74.5 Å². The molecule has 5 nitrogen and oxygen atoms in total. The summed E-state index contributed by atoms with van der Waals surface area (Å²) in [6.45, 7) is -0.0852. The molecule has 0 atom stereocenters. The number of rotatable bonds is 4. The van der Waals surface area contributed by atoms with E-state index in [1.54, 1.807) is 24.3 Å². The summed E-state index contributed by atoms with van der Waals surface area (Å²) >= 11 is 5.72. The molecule has 0 fully saturated rings. The number of ether oxygens (including phenoxy) is 1. The number of hydrogen-bond donors (Lipinski definition) is 0. The fourth-order valence-corrected chi connectivity index (χ4v) is 1.72. The van der Waals surface area contributed by atoms with Crippen LogP contribution in [0, 0.1) is 15.9 Å². The van der Waals surface area contributed by atoms with E-state index >= 15 is 0 Å². The molecule has 7 heteroatoms. The molecule has 0 aliphatic heterocycles. The van der Waals surface area contributed by atoms with E-state index in [4.69, 9.17) is 16.3 Å². The lowest BCUT2D eigenvalue weighted by Gasteiger charge is -2.06. The van der Waals surface area contributed by atoms with Crippen molar-refractivity contribution in [2.45, 2.75) is 6.61 Å². The molecule has 0 unspecified atom stereocenters. The van der Waals surface area contributed by atoms with E-state index in [0.29, 0.717) is 10.6 Å². The van der Waals surface area contributed by atoms with Gasteiger partial charge in [-0.3, -0.25) is 10.1 Å². The van der Waals surface area contributed by atoms with Gasteiger partial charge in [-0.15, -0.1) is 0 Å². The van der Waals surface area contributed by atoms with Gasteiger partial charge in [0, 0.05) is 17.2 Å². The Morgan fingerprint density at radius 3 is 2.52 bits per heavy atom. The summed E-state index contributed by atoms with van der Waals surface area (Å²) in [7, 11) is 0. The third kappa shape index (κ3) is 3.76. The maximum Gasteiger partial charge on any atom is 0.341 e. The first-order valence-electron chi connectivity index (χ1n) is 5.83. The molecule has 2 rings (SSSR count). The van der Waals surface area contributed by atoms with Crippen molar-refractivity contribution in [2.24, 2.45) is 0 Å². The Bertz CT molecular complexity index is 688. The molecule has 2 aromatic carbocycles. The van der Waals surface area contributed by atoms with Crippen molar-refractivity contribution in [3.8, 4) is 0 Å². The number of non-ortho nitro benzene ring substituents is 1. The molecule has 0 saturated carbocycles. The van der Waals surface area contributed by atoms with Crippen molar-refractivity contribution >= 4 is 23.3 Å². The van der Waals surface area contributed by atoms with Gasteiger partial charge < -0.3 is 4.74 Å². The number of nitro benzene ring substituents is 1. The van der Waals surface area contributed by atoms with Crippen LogP contribution >= 0.6 is 11.6 Å². The molecule has 0 spiro atoms. The number of nitrogens with zero attached hydrogens (tertiary/aromatic N) is 1. The molecular weight excluding hydrogens is 301 g/mol. The van der Waals surface area contributed by atoms with Gasteiger partial charge in [0.2, 0.25) is 0 Å². The van der Waals surface area contributed by atoms with Gasteiger partial charge in [0.15, 0.2) is 0 Å². The molecule has 0 heterocycles. The minimum atomic E-state index is -0.967. The molecule has 108 valence electrons. The Kier molecular flexibility index (Phi) is 4.49. The second-order valence-corrected chi connectivity index (χ2v) is 4.56. The standard InChI is InChI=1S/C14H9ClFNO4/c15-10-3-1-9(2-4-10)8-21-14(18)12-7-11(17(19)20)5-6-13(12)16/h1-7H,8H2. The highest BCUT2D eigenvalue weighted by Crippen LogP contribution is 2.18. The molecule has 0 amide bonds. The summed E-state index contributed by atoms with van der Waals surface area (Å²) in [6.07, 6.45) is 0. The van der Waals surface area contributed by atoms with Gasteiger partial charge in [-0.2, -0.15) is 0 Å². The third-order valence-corrected chi connectivity index (χ3v) is 2.92. The number of nitro groups is 1. The van der Waals surface area contributed by atoms with E-state index in [1.165, 1.54) is 0 Å². The summed E-state index contributed by atoms with van der Waals surface area (Å²) in [4.78, 5) is 21.7. The first-order chi connectivity index (χ1) is 9.97. The SMILES string of the molecule is O=C(OCc1ccc(Cl)cc1)c1cc([N+](=O)[O-])ccc1F. The van der Waals surface area contributed by atoms with Crippen LogP contribution in [0.5, 0.6) is 0 Å². The maximum atomic E-state index is 13.5. The van der Waals surface area contributed by atoms with Crippen LogP contribution in [0.1, 0.15) is 15.9 Å². The highest BCUT2D eigenvalue weighted by Gasteiger charge is 2.18. The Balaban J connectivity index is 2.11. The van der Waals surface area contributed by atoms with Gasteiger partial charge in [0.1, 0.15) is 18.0 Å². The molecule has 0 aliphatic carbocycles. The van der Waals surface area contributed by atoms with Crippen molar-refractivity contribution in [3.63, 3.8) is 0 Å². The maximum absolute atomic E-state index is 13.5. The Labute approximate surface area is 124 Å². The van der Waals surface area contributed by atoms with Crippen LogP contribution in [-0.4, -0.2) is 10.9 Å². The molecule has 0 aliphatic rings. The summed E-state index contributed by atoms with van der Waals surface area (Å²) in [6, 6.07) is 9.23. The van der Waals surface area contributed by atoms with Crippen molar-refractivity contribution in [1.82, 2.24) is 0 Å². The number of benzene rings is 2. The van der Waals surface area contributed by atoms with Crippen LogP contribution in [0.2, 0.25) is 5.02 Å². The predicted molar refractivity (Wildman–Crippen MR) is 73.6 cm³/mol. The van der Waals surface area contributed by atoms with Crippen molar-refractivity contribution < 1.29 is 18.8 Å². The van der Waals surface area contributed by atoms with E-state index in [0.717, 1.165) is 18.2 Å². The van der Waals surface area contributed by atoms with Gasteiger partial charge in [-0.05, 0) is 23.8 Å². The monoisotopic (exact) mass is 309 g/mol. The van der Waals surface area contributed by atoms with Crippen LogP contribution in [-0.2, 0) is 11.3 Å². The molecule has 0 N–H and O–H groups in total. The number of esters is 1. The van der Waals surface area contributed by atoms with Crippen LogP contribution < -0.4 is 0 Å². The highest BCUT2D eigenvalue weighted by molar-refractivity contribution is 6.30. The van der Waals surface area contributed by atoms with E-state index in [-0.39, 0.29) is 12.3 Å². The summed E-state index contributed by atoms with van der Waals surface area (Å²) in [5.41, 5.74) is -0.188. The van der Waals surface area contributed by atoms with Gasteiger partial charge in [-0.1, -0.05) is 23.7 Å². The number of halogens is 2. The summed E-state index contributed by atoms with van der Waals surface area (Å²) < 4.78 is 18.4. The first kappa shape index (κ1) is 14.9. The molecule has 0 saturated heterocycles. The molecular formula is C14H9ClFNO4. The topological polar surface area (TPSA) is 69.4 Å².